The normalized spacial score (nSPS) is 11.3. The predicted molar refractivity (Wildman–Crippen MR) is 61.0 cm³/mol. The number of aliphatic carboxylic acids is 1. The van der Waals surface area contributed by atoms with Gasteiger partial charge < -0.3 is 9.84 Å². The van der Waals surface area contributed by atoms with E-state index >= 15 is 0 Å². The molecule has 0 amide bonds. The lowest BCUT2D eigenvalue weighted by atomic mass is 10.3. The molecule has 0 aromatic heterocycles. The van der Waals surface area contributed by atoms with Crippen molar-refractivity contribution in [2.45, 2.75) is 6.92 Å². The van der Waals surface area contributed by atoms with E-state index < -0.39 is 11.8 Å². The first-order valence-electron chi connectivity index (χ1n) is 4.47. The van der Waals surface area contributed by atoms with Gasteiger partial charge in [0.1, 0.15) is 18.2 Å². The molecule has 3 nitrogen and oxygen atoms in total. The maximum atomic E-state index is 12.9. The van der Waals surface area contributed by atoms with E-state index in [0.717, 1.165) is 6.08 Å². The van der Waals surface area contributed by atoms with E-state index in [1.54, 1.807) is 6.92 Å². The molecule has 0 saturated heterocycles. The molecule has 0 fully saturated rings. The number of rotatable bonds is 4. The van der Waals surface area contributed by atoms with E-state index in [1.807, 2.05) is 0 Å². The third-order valence-corrected chi connectivity index (χ3v) is 2.37. The van der Waals surface area contributed by atoms with E-state index in [0.29, 0.717) is 15.8 Å². The van der Waals surface area contributed by atoms with Gasteiger partial charge in [-0.3, -0.25) is 0 Å². The Bertz CT molecular complexity index is 429. The minimum absolute atomic E-state index is 0.106. The molecule has 1 aromatic rings. The molecule has 1 N–H and O–H groups in total. The van der Waals surface area contributed by atoms with Crippen molar-refractivity contribution in [3.05, 3.63) is 40.1 Å². The van der Waals surface area contributed by atoms with Crippen LogP contribution in [0.2, 0.25) is 0 Å². The van der Waals surface area contributed by atoms with Crippen LogP contribution in [0.15, 0.2) is 34.3 Å². The zero-order chi connectivity index (χ0) is 12.1. The van der Waals surface area contributed by atoms with Crippen molar-refractivity contribution >= 4 is 21.9 Å². The molecule has 86 valence electrons. The summed E-state index contributed by atoms with van der Waals surface area (Å²) in [6.07, 6.45) is 1.05. The quantitative estimate of drug-likeness (QED) is 0.867. The maximum absolute atomic E-state index is 12.9. The molecule has 0 unspecified atom stereocenters. The minimum Gasteiger partial charge on any atom is -0.488 e. The van der Waals surface area contributed by atoms with Crippen molar-refractivity contribution in [1.29, 1.82) is 0 Å². The van der Waals surface area contributed by atoms with Crippen LogP contribution in [0.4, 0.5) is 4.39 Å². The van der Waals surface area contributed by atoms with Crippen molar-refractivity contribution in [2.24, 2.45) is 0 Å². The highest BCUT2D eigenvalue weighted by Crippen LogP contribution is 2.25. The summed E-state index contributed by atoms with van der Waals surface area (Å²) in [6, 6.07) is 4.07. The number of ether oxygens (including phenoxy) is 1. The van der Waals surface area contributed by atoms with E-state index in [4.69, 9.17) is 9.84 Å². The first-order chi connectivity index (χ1) is 7.49. The van der Waals surface area contributed by atoms with Gasteiger partial charge in [0.05, 0.1) is 4.47 Å². The lowest BCUT2D eigenvalue weighted by Gasteiger charge is -2.07. The fourth-order valence-corrected chi connectivity index (χ4v) is 1.39. The molecule has 0 radical (unpaired) electrons. The Morgan fingerprint density at radius 2 is 2.31 bits per heavy atom. The molecule has 0 spiro atoms. The van der Waals surface area contributed by atoms with Gasteiger partial charge in [0.25, 0.3) is 0 Å². The summed E-state index contributed by atoms with van der Waals surface area (Å²) in [5, 5.41) is 8.48. The van der Waals surface area contributed by atoms with Gasteiger partial charge in [0.15, 0.2) is 0 Å². The fraction of sp³-hybridized carbons (Fsp3) is 0.182. The average molecular weight is 289 g/mol. The van der Waals surface area contributed by atoms with Crippen molar-refractivity contribution < 1.29 is 19.0 Å². The first-order valence-corrected chi connectivity index (χ1v) is 5.26. The molecule has 0 aliphatic rings. The van der Waals surface area contributed by atoms with Crippen LogP contribution in [0, 0.1) is 5.82 Å². The maximum Gasteiger partial charge on any atom is 0.328 e. The Hall–Kier alpha value is -1.36. The fourth-order valence-electron chi connectivity index (χ4n) is 1.03. The van der Waals surface area contributed by atoms with Crippen LogP contribution < -0.4 is 4.74 Å². The Morgan fingerprint density at radius 3 is 2.94 bits per heavy atom. The highest BCUT2D eigenvalue weighted by Gasteiger charge is 2.03. The Kier molecular flexibility index (Phi) is 4.49. The second-order valence-corrected chi connectivity index (χ2v) is 4.05. The summed E-state index contributed by atoms with van der Waals surface area (Å²) in [5.74, 6) is -1.09. The Balaban J connectivity index is 2.68. The molecule has 0 bridgehead atoms. The molecule has 0 aliphatic carbocycles. The van der Waals surface area contributed by atoms with Crippen molar-refractivity contribution in [1.82, 2.24) is 0 Å². The second kappa shape index (κ2) is 5.65. The highest BCUT2D eigenvalue weighted by molar-refractivity contribution is 9.10. The molecule has 16 heavy (non-hydrogen) atoms. The average Bonchev–Trinajstić information content (AvgIpc) is 2.18. The summed E-state index contributed by atoms with van der Waals surface area (Å²) < 4.78 is 18.8. The third kappa shape index (κ3) is 4.02. The largest absolute Gasteiger partial charge is 0.488 e. The van der Waals surface area contributed by atoms with Crippen LogP contribution >= 0.6 is 15.9 Å². The Labute approximate surface area is 101 Å². The van der Waals surface area contributed by atoms with Crippen LogP contribution in [0.5, 0.6) is 5.75 Å². The number of carboxylic acid groups (broad SMARTS) is 1. The molecule has 0 aliphatic heterocycles. The molecule has 5 heteroatoms. The van der Waals surface area contributed by atoms with Crippen molar-refractivity contribution in [3.63, 3.8) is 0 Å². The van der Waals surface area contributed by atoms with E-state index in [1.165, 1.54) is 18.2 Å². The summed E-state index contributed by atoms with van der Waals surface area (Å²) in [4.78, 5) is 10.3. The van der Waals surface area contributed by atoms with Crippen LogP contribution in [0.25, 0.3) is 0 Å². The van der Waals surface area contributed by atoms with E-state index in [9.17, 15) is 9.18 Å². The van der Waals surface area contributed by atoms with Gasteiger partial charge in [-0.15, -0.1) is 0 Å². The third-order valence-electron chi connectivity index (χ3n) is 1.72. The predicted octanol–water partition coefficient (Wildman–Crippen LogP) is 3.00. The molecule has 0 heterocycles. The molecular weight excluding hydrogens is 279 g/mol. The topological polar surface area (TPSA) is 46.5 Å². The molecular formula is C11H10BrFO3. The molecule has 1 aromatic carbocycles. The first kappa shape index (κ1) is 12.7. The van der Waals surface area contributed by atoms with Gasteiger partial charge in [-0.25, -0.2) is 9.18 Å². The van der Waals surface area contributed by atoms with Gasteiger partial charge in [-0.05, 0) is 40.6 Å². The standard InChI is InChI=1S/C11H10BrFO3/c1-7(4-11(14)15)6-16-10-5-8(13)2-3-9(10)12/h2-5H,6H2,1H3,(H,14,15)/b7-4-. The van der Waals surface area contributed by atoms with Crippen molar-refractivity contribution in [2.75, 3.05) is 6.61 Å². The van der Waals surface area contributed by atoms with Crippen LogP contribution in [0.3, 0.4) is 0 Å². The van der Waals surface area contributed by atoms with Crippen LogP contribution in [-0.2, 0) is 4.79 Å². The SMILES string of the molecule is C/C(=C/C(=O)O)COc1cc(F)ccc1Br. The van der Waals surface area contributed by atoms with Gasteiger partial charge in [0, 0.05) is 12.1 Å². The summed E-state index contributed by atoms with van der Waals surface area (Å²) in [6.45, 7) is 1.73. The zero-order valence-electron chi connectivity index (χ0n) is 8.54. The van der Waals surface area contributed by atoms with Crippen molar-refractivity contribution in [3.8, 4) is 5.75 Å². The Morgan fingerprint density at radius 1 is 1.62 bits per heavy atom. The number of carbonyl (C=O) groups is 1. The minimum atomic E-state index is -1.03. The van der Waals surface area contributed by atoms with Gasteiger partial charge in [-0.1, -0.05) is 0 Å². The van der Waals surface area contributed by atoms with E-state index in [2.05, 4.69) is 15.9 Å². The molecule has 0 saturated carbocycles. The van der Waals surface area contributed by atoms with Crippen LogP contribution in [0.1, 0.15) is 6.92 Å². The number of benzene rings is 1. The summed E-state index contributed by atoms with van der Waals surface area (Å²) in [7, 11) is 0. The molecule has 1 rings (SSSR count). The zero-order valence-corrected chi connectivity index (χ0v) is 10.1. The van der Waals surface area contributed by atoms with E-state index in [-0.39, 0.29) is 6.61 Å². The summed E-state index contributed by atoms with van der Waals surface area (Å²) in [5.41, 5.74) is 0.545. The van der Waals surface area contributed by atoms with Gasteiger partial charge in [0.2, 0.25) is 0 Å². The monoisotopic (exact) mass is 288 g/mol. The number of carboxylic acids is 1. The number of hydrogen-bond acceptors (Lipinski definition) is 2. The second-order valence-electron chi connectivity index (χ2n) is 3.19. The van der Waals surface area contributed by atoms with Crippen LogP contribution in [-0.4, -0.2) is 17.7 Å². The number of hydrogen-bond donors (Lipinski definition) is 1. The lowest BCUT2D eigenvalue weighted by molar-refractivity contribution is -0.131. The van der Waals surface area contributed by atoms with Gasteiger partial charge >= 0.3 is 5.97 Å². The highest BCUT2D eigenvalue weighted by atomic mass is 79.9. The molecule has 0 atom stereocenters. The summed E-state index contributed by atoms with van der Waals surface area (Å²) >= 11 is 3.20. The lowest BCUT2D eigenvalue weighted by Crippen LogP contribution is -2.02. The smallest absolute Gasteiger partial charge is 0.328 e. The number of halogens is 2. The van der Waals surface area contributed by atoms with Gasteiger partial charge in [-0.2, -0.15) is 0 Å².